The third-order valence-electron chi connectivity index (χ3n) is 2.48. The van der Waals surface area contributed by atoms with E-state index in [4.69, 9.17) is 5.73 Å². The summed E-state index contributed by atoms with van der Waals surface area (Å²) in [6.07, 6.45) is -4.49. The molecule has 0 aliphatic carbocycles. The second-order valence-corrected chi connectivity index (χ2v) is 3.90. The molecule has 0 radical (unpaired) electrons. The standard InChI is InChI=1S/C12H16F3N3O/c1-2-17-5-6-18-10-4-3-8(12(13,14)15)7-9(10)11(16)19/h3-4,7,17-18H,2,5-6H2,1H3,(H2,16,19). The zero-order chi connectivity index (χ0) is 14.5. The van der Waals surface area contributed by atoms with E-state index in [-0.39, 0.29) is 5.56 Å². The molecule has 106 valence electrons. The Morgan fingerprint density at radius 1 is 1.32 bits per heavy atom. The molecule has 1 aromatic rings. The van der Waals surface area contributed by atoms with E-state index in [0.29, 0.717) is 18.8 Å². The van der Waals surface area contributed by atoms with Crippen molar-refractivity contribution in [3.8, 4) is 0 Å². The van der Waals surface area contributed by atoms with Crippen LogP contribution in [0.4, 0.5) is 18.9 Å². The van der Waals surface area contributed by atoms with Crippen molar-refractivity contribution in [1.29, 1.82) is 0 Å². The molecule has 4 N–H and O–H groups in total. The van der Waals surface area contributed by atoms with E-state index in [0.717, 1.165) is 18.7 Å². The third-order valence-corrected chi connectivity index (χ3v) is 2.48. The van der Waals surface area contributed by atoms with Crippen molar-refractivity contribution in [1.82, 2.24) is 5.32 Å². The largest absolute Gasteiger partial charge is 0.416 e. The van der Waals surface area contributed by atoms with E-state index in [2.05, 4.69) is 10.6 Å². The Kier molecular flexibility index (Phi) is 5.17. The van der Waals surface area contributed by atoms with Crippen molar-refractivity contribution < 1.29 is 18.0 Å². The first kappa shape index (κ1) is 15.3. The summed E-state index contributed by atoms with van der Waals surface area (Å²) in [5.41, 5.74) is 4.35. The number of nitrogens with two attached hydrogens (primary N) is 1. The minimum Gasteiger partial charge on any atom is -0.383 e. The Balaban J connectivity index is 2.90. The average Bonchev–Trinajstić information content (AvgIpc) is 2.33. The van der Waals surface area contributed by atoms with E-state index in [1.54, 1.807) is 0 Å². The maximum Gasteiger partial charge on any atom is 0.416 e. The fourth-order valence-electron chi connectivity index (χ4n) is 1.54. The topological polar surface area (TPSA) is 67.2 Å². The van der Waals surface area contributed by atoms with Gasteiger partial charge in [-0.15, -0.1) is 0 Å². The highest BCUT2D eigenvalue weighted by molar-refractivity contribution is 5.98. The van der Waals surface area contributed by atoms with Gasteiger partial charge >= 0.3 is 6.18 Å². The van der Waals surface area contributed by atoms with Crippen LogP contribution in [0.1, 0.15) is 22.8 Å². The molecule has 0 unspecified atom stereocenters. The highest BCUT2D eigenvalue weighted by Crippen LogP contribution is 2.31. The minimum atomic E-state index is -4.49. The van der Waals surface area contributed by atoms with E-state index < -0.39 is 17.6 Å². The molecule has 19 heavy (non-hydrogen) atoms. The number of carbonyl (C=O) groups excluding carboxylic acids is 1. The molecule has 1 aromatic carbocycles. The molecular weight excluding hydrogens is 259 g/mol. The summed E-state index contributed by atoms with van der Waals surface area (Å²) in [6.45, 7) is 3.85. The number of primary amides is 1. The zero-order valence-corrected chi connectivity index (χ0v) is 10.5. The van der Waals surface area contributed by atoms with Gasteiger partial charge in [-0.2, -0.15) is 13.2 Å². The van der Waals surface area contributed by atoms with Gasteiger partial charge in [-0.3, -0.25) is 4.79 Å². The van der Waals surface area contributed by atoms with Crippen molar-refractivity contribution in [2.75, 3.05) is 25.0 Å². The van der Waals surface area contributed by atoms with Crippen LogP contribution in [0, 0.1) is 0 Å². The fraction of sp³-hybridized carbons (Fsp3) is 0.417. The van der Waals surface area contributed by atoms with E-state index >= 15 is 0 Å². The van der Waals surface area contributed by atoms with Gasteiger partial charge in [0.15, 0.2) is 0 Å². The minimum absolute atomic E-state index is 0.161. The van der Waals surface area contributed by atoms with Crippen LogP contribution >= 0.6 is 0 Å². The van der Waals surface area contributed by atoms with Crippen molar-refractivity contribution in [3.63, 3.8) is 0 Å². The maximum atomic E-state index is 12.5. The molecule has 0 heterocycles. The number of alkyl halides is 3. The number of likely N-dealkylation sites (N-methyl/N-ethyl adjacent to an activating group) is 1. The third kappa shape index (κ3) is 4.44. The Labute approximate surface area is 109 Å². The molecule has 7 heteroatoms. The summed E-state index contributed by atoms with van der Waals surface area (Å²) in [7, 11) is 0. The zero-order valence-electron chi connectivity index (χ0n) is 10.5. The van der Waals surface area contributed by atoms with E-state index in [9.17, 15) is 18.0 Å². The van der Waals surface area contributed by atoms with E-state index in [1.807, 2.05) is 6.92 Å². The first-order valence-corrected chi connectivity index (χ1v) is 5.82. The smallest absolute Gasteiger partial charge is 0.383 e. The second-order valence-electron chi connectivity index (χ2n) is 3.90. The number of halogens is 3. The Hall–Kier alpha value is -1.76. The number of benzene rings is 1. The van der Waals surface area contributed by atoms with Crippen LogP contribution in [0.25, 0.3) is 0 Å². The molecule has 0 aliphatic rings. The lowest BCUT2D eigenvalue weighted by molar-refractivity contribution is -0.137. The van der Waals surface area contributed by atoms with Crippen LogP contribution < -0.4 is 16.4 Å². The van der Waals surface area contributed by atoms with Gasteiger partial charge < -0.3 is 16.4 Å². The average molecular weight is 275 g/mol. The van der Waals surface area contributed by atoms with Gasteiger partial charge in [0.05, 0.1) is 11.1 Å². The molecule has 0 spiro atoms. The molecule has 0 saturated heterocycles. The Morgan fingerprint density at radius 3 is 2.53 bits per heavy atom. The molecule has 4 nitrogen and oxygen atoms in total. The van der Waals surface area contributed by atoms with Gasteiger partial charge in [-0.05, 0) is 24.7 Å². The molecule has 0 aromatic heterocycles. The number of rotatable bonds is 6. The molecule has 1 amide bonds. The van der Waals surface area contributed by atoms with Crippen molar-refractivity contribution >= 4 is 11.6 Å². The van der Waals surface area contributed by atoms with Gasteiger partial charge in [-0.25, -0.2) is 0 Å². The highest BCUT2D eigenvalue weighted by atomic mass is 19.4. The number of anilines is 1. The summed E-state index contributed by atoms with van der Waals surface area (Å²) in [6, 6.07) is 2.90. The summed E-state index contributed by atoms with van der Waals surface area (Å²) in [4.78, 5) is 11.2. The SMILES string of the molecule is CCNCCNc1ccc(C(F)(F)F)cc1C(N)=O. The van der Waals surface area contributed by atoms with Crippen molar-refractivity contribution in [2.24, 2.45) is 5.73 Å². The molecule has 0 bridgehead atoms. The number of carbonyl (C=O) groups is 1. The van der Waals surface area contributed by atoms with Crippen LogP contribution in [0.5, 0.6) is 0 Å². The van der Waals surface area contributed by atoms with Gasteiger partial charge in [0.2, 0.25) is 0 Å². The highest BCUT2D eigenvalue weighted by Gasteiger charge is 2.31. The second kappa shape index (κ2) is 6.42. The van der Waals surface area contributed by atoms with Crippen LogP contribution in [0.2, 0.25) is 0 Å². The predicted octanol–water partition coefficient (Wildman–Crippen LogP) is 1.83. The van der Waals surface area contributed by atoms with Crippen molar-refractivity contribution in [2.45, 2.75) is 13.1 Å². The normalized spacial score (nSPS) is 11.4. The monoisotopic (exact) mass is 275 g/mol. The molecule has 0 aliphatic heterocycles. The van der Waals surface area contributed by atoms with Gasteiger partial charge in [0, 0.05) is 18.8 Å². The molecule has 0 saturated carbocycles. The Morgan fingerprint density at radius 2 is 2.00 bits per heavy atom. The quantitative estimate of drug-likeness (QED) is 0.694. The van der Waals surface area contributed by atoms with Crippen LogP contribution in [0.15, 0.2) is 18.2 Å². The summed E-state index contributed by atoms with van der Waals surface area (Å²) in [5.74, 6) is -0.892. The summed E-state index contributed by atoms with van der Waals surface area (Å²) >= 11 is 0. The number of amides is 1. The number of hydrogen-bond donors (Lipinski definition) is 3. The lowest BCUT2D eigenvalue weighted by Gasteiger charge is -2.13. The molecule has 1 rings (SSSR count). The van der Waals surface area contributed by atoms with Gasteiger partial charge in [0.25, 0.3) is 5.91 Å². The summed E-state index contributed by atoms with van der Waals surface area (Å²) < 4.78 is 37.6. The first-order chi connectivity index (χ1) is 8.86. The van der Waals surface area contributed by atoms with Crippen LogP contribution in [-0.2, 0) is 6.18 Å². The van der Waals surface area contributed by atoms with Gasteiger partial charge in [0.1, 0.15) is 0 Å². The summed E-state index contributed by atoms with van der Waals surface area (Å²) in [5, 5.41) is 5.92. The van der Waals surface area contributed by atoms with Gasteiger partial charge in [-0.1, -0.05) is 6.92 Å². The Bertz CT molecular complexity index is 446. The molecule has 0 atom stereocenters. The lowest BCUT2D eigenvalue weighted by Crippen LogP contribution is -2.23. The number of hydrogen-bond acceptors (Lipinski definition) is 3. The fourth-order valence-corrected chi connectivity index (χ4v) is 1.54. The molecule has 0 fully saturated rings. The molecular formula is C12H16F3N3O. The van der Waals surface area contributed by atoms with Crippen LogP contribution in [-0.4, -0.2) is 25.5 Å². The van der Waals surface area contributed by atoms with E-state index in [1.165, 1.54) is 6.07 Å². The predicted molar refractivity (Wildman–Crippen MR) is 67.0 cm³/mol. The number of nitrogens with one attached hydrogen (secondary N) is 2. The van der Waals surface area contributed by atoms with Crippen LogP contribution in [0.3, 0.4) is 0 Å². The first-order valence-electron chi connectivity index (χ1n) is 5.82. The van der Waals surface area contributed by atoms with Crippen molar-refractivity contribution in [3.05, 3.63) is 29.3 Å². The lowest BCUT2D eigenvalue weighted by atomic mass is 10.1. The maximum absolute atomic E-state index is 12.5.